The highest BCUT2D eigenvalue weighted by molar-refractivity contribution is 5.27. The molecule has 126 valence electrons. The fourth-order valence-corrected chi connectivity index (χ4v) is 4.43. The molecular formula is C21H25FN2. The van der Waals surface area contributed by atoms with Gasteiger partial charge in [0.15, 0.2) is 0 Å². The lowest BCUT2D eigenvalue weighted by molar-refractivity contribution is 0.221. The molecule has 4 rings (SSSR count). The summed E-state index contributed by atoms with van der Waals surface area (Å²) in [5.41, 5.74) is 2.50. The fourth-order valence-electron chi connectivity index (χ4n) is 4.43. The molecule has 2 aromatic rings. The maximum atomic E-state index is 13.7. The number of likely N-dealkylation sites (tertiary alicyclic amines) is 1. The normalized spacial score (nSPS) is 27.6. The Hall–Kier alpha value is -1.71. The summed E-state index contributed by atoms with van der Waals surface area (Å²) in [4.78, 5) is 2.61. The number of nitrogens with one attached hydrogen (secondary N) is 1. The lowest BCUT2D eigenvalue weighted by atomic mass is 9.90. The van der Waals surface area contributed by atoms with Gasteiger partial charge in [-0.2, -0.15) is 0 Å². The van der Waals surface area contributed by atoms with E-state index in [0.29, 0.717) is 18.0 Å². The number of nitrogens with zero attached hydrogens (tertiary/aromatic N) is 1. The third kappa shape index (κ3) is 3.24. The molecule has 2 saturated heterocycles. The molecule has 1 N–H and O–H groups in total. The Morgan fingerprint density at radius 2 is 1.92 bits per heavy atom. The average Bonchev–Trinajstić information content (AvgIpc) is 2.78. The van der Waals surface area contributed by atoms with E-state index in [1.807, 2.05) is 6.07 Å². The molecule has 0 saturated carbocycles. The molecule has 24 heavy (non-hydrogen) atoms. The van der Waals surface area contributed by atoms with E-state index in [1.54, 1.807) is 6.07 Å². The summed E-state index contributed by atoms with van der Waals surface area (Å²) in [5.74, 6) is 0.242. The summed E-state index contributed by atoms with van der Waals surface area (Å²) >= 11 is 0. The monoisotopic (exact) mass is 324 g/mol. The first-order chi connectivity index (χ1) is 11.8. The van der Waals surface area contributed by atoms with Crippen molar-refractivity contribution in [3.63, 3.8) is 0 Å². The lowest BCUT2D eigenvalue weighted by Crippen LogP contribution is -2.42. The van der Waals surface area contributed by atoms with Gasteiger partial charge in [0.25, 0.3) is 0 Å². The van der Waals surface area contributed by atoms with Gasteiger partial charge in [0.1, 0.15) is 5.82 Å². The van der Waals surface area contributed by atoms with Crippen LogP contribution in [0.25, 0.3) is 0 Å². The van der Waals surface area contributed by atoms with Crippen LogP contribution in [-0.2, 0) is 6.54 Å². The maximum absolute atomic E-state index is 13.7. The first kappa shape index (κ1) is 15.8. The molecule has 0 aliphatic carbocycles. The molecule has 2 aromatic carbocycles. The average molecular weight is 324 g/mol. The highest BCUT2D eigenvalue weighted by Crippen LogP contribution is 2.36. The molecule has 2 nitrogen and oxygen atoms in total. The molecule has 0 spiro atoms. The van der Waals surface area contributed by atoms with Crippen LogP contribution in [0.5, 0.6) is 0 Å². The standard InChI is InChI=1S/C21H25FN2/c22-18-10-6-9-17(13-18)19-15-24(14-16-7-2-1-3-8-16)20-11-4-5-12-23-21(19)20/h1-3,6-10,13,19-21,23H,4-5,11-12,14-15H2/t19-,20+,21-/m0/s1. The highest BCUT2D eigenvalue weighted by Gasteiger charge is 2.42. The van der Waals surface area contributed by atoms with Gasteiger partial charge in [0.2, 0.25) is 0 Å². The number of hydrogen-bond donors (Lipinski definition) is 1. The molecule has 0 radical (unpaired) electrons. The molecule has 0 aromatic heterocycles. The minimum atomic E-state index is -0.126. The molecule has 0 unspecified atom stereocenters. The molecule has 2 aliphatic rings. The molecule has 0 bridgehead atoms. The fraction of sp³-hybridized carbons (Fsp3) is 0.429. The van der Waals surface area contributed by atoms with E-state index in [4.69, 9.17) is 0 Å². The van der Waals surface area contributed by atoms with Gasteiger partial charge in [0.05, 0.1) is 0 Å². The van der Waals surface area contributed by atoms with E-state index in [0.717, 1.165) is 25.2 Å². The van der Waals surface area contributed by atoms with Gasteiger partial charge >= 0.3 is 0 Å². The van der Waals surface area contributed by atoms with Crippen LogP contribution in [0.3, 0.4) is 0 Å². The van der Waals surface area contributed by atoms with Gasteiger partial charge in [-0.3, -0.25) is 4.90 Å². The third-order valence-electron chi connectivity index (χ3n) is 5.56. The summed E-state index contributed by atoms with van der Waals surface area (Å²) < 4.78 is 13.7. The van der Waals surface area contributed by atoms with E-state index >= 15 is 0 Å². The Morgan fingerprint density at radius 1 is 1.04 bits per heavy atom. The van der Waals surface area contributed by atoms with Gasteiger partial charge in [-0.25, -0.2) is 4.39 Å². The number of fused-ring (bicyclic) bond motifs is 1. The number of rotatable bonds is 3. The zero-order chi connectivity index (χ0) is 16.4. The second kappa shape index (κ2) is 7.04. The Bertz CT molecular complexity index is 673. The van der Waals surface area contributed by atoms with Gasteiger partial charge in [-0.15, -0.1) is 0 Å². The molecule has 2 aliphatic heterocycles. The Labute approximate surface area is 143 Å². The largest absolute Gasteiger partial charge is 0.312 e. The van der Waals surface area contributed by atoms with Gasteiger partial charge in [0, 0.05) is 31.1 Å². The van der Waals surface area contributed by atoms with Crippen LogP contribution >= 0.6 is 0 Å². The summed E-state index contributed by atoms with van der Waals surface area (Å²) in [6.45, 7) is 3.06. The van der Waals surface area contributed by atoms with Crippen LogP contribution in [0.4, 0.5) is 4.39 Å². The molecule has 2 fully saturated rings. The first-order valence-corrected chi connectivity index (χ1v) is 9.08. The van der Waals surface area contributed by atoms with E-state index in [9.17, 15) is 4.39 Å². The van der Waals surface area contributed by atoms with Gasteiger partial charge in [-0.05, 0) is 42.6 Å². The van der Waals surface area contributed by atoms with Crippen molar-refractivity contribution in [3.8, 4) is 0 Å². The lowest BCUT2D eigenvalue weighted by Gasteiger charge is -2.27. The smallest absolute Gasteiger partial charge is 0.123 e. The Kier molecular flexibility index (Phi) is 4.63. The van der Waals surface area contributed by atoms with Crippen LogP contribution in [0, 0.1) is 5.82 Å². The molecule has 0 amide bonds. The van der Waals surface area contributed by atoms with Crippen LogP contribution in [-0.4, -0.2) is 30.1 Å². The summed E-state index contributed by atoms with van der Waals surface area (Å²) in [7, 11) is 0. The van der Waals surface area contributed by atoms with Crippen LogP contribution in [0.2, 0.25) is 0 Å². The summed E-state index contributed by atoms with van der Waals surface area (Å²) in [6, 6.07) is 18.9. The minimum absolute atomic E-state index is 0.126. The van der Waals surface area contributed by atoms with Gasteiger partial charge in [-0.1, -0.05) is 48.9 Å². The number of halogens is 1. The van der Waals surface area contributed by atoms with E-state index in [-0.39, 0.29) is 5.82 Å². The number of hydrogen-bond acceptors (Lipinski definition) is 2. The quantitative estimate of drug-likeness (QED) is 0.920. The van der Waals surface area contributed by atoms with Crippen LogP contribution in [0.1, 0.15) is 36.3 Å². The van der Waals surface area contributed by atoms with Crippen LogP contribution in [0.15, 0.2) is 54.6 Å². The molecular weight excluding hydrogens is 299 g/mol. The van der Waals surface area contributed by atoms with Crippen LogP contribution < -0.4 is 5.32 Å². The molecule has 3 heteroatoms. The predicted octanol–water partition coefficient (Wildman–Crippen LogP) is 3.94. The zero-order valence-electron chi connectivity index (χ0n) is 14.0. The van der Waals surface area contributed by atoms with E-state index in [2.05, 4.69) is 46.6 Å². The SMILES string of the molecule is Fc1cccc([C@@H]2CN(Cc3ccccc3)[C@@H]3CCCCN[C@H]32)c1. The third-order valence-corrected chi connectivity index (χ3v) is 5.56. The maximum Gasteiger partial charge on any atom is 0.123 e. The van der Waals surface area contributed by atoms with Crippen molar-refractivity contribution < 1.29 is 4.39 Å². The van der Waals surface area contributed by atoms with E-state index in [1.165, 1.54) is 30.9 Å². The van der Waals surface area contributed by atoms with Crippen molar-refractivity contribution >= 4 is 0 Å². The van der Waals surface area contributed by atoms with Crippen molar-refractivity contribution in [1.82, 2.24) is 10.2 Å². The highest BCUT2D eigenvalue weighted by atomic mass is 19.1. The Balaban J connectivity index is 1.61. The van der Waals surface area contributed by atoms with Crippen molar-refractivity contribution in [2.45, 2.75) is 43.8 Å². The second-order valence-corrected chi connectivity index (χ2v) is 7.12. The van der Waals surface area contributed by atoms with Crippen molar-refractivity contribution in [2.75, 3.05) is 13.1 Å². The van der Waals surface area contributed by atoms with E-state index < -0.39 is 0 Å². The first-order valence-electron chi connectivity index (χ1n) is 9.08. The van der Waals surface area contributed by atoms with Crippen molar-refractivity contribution in [3.05, 3.63) is 71.5 Å². The molecule has 2 heterocycles. The Morgan fingerprint density at radius 3 is 2.75 bits per heavy atom. The minimum Gasteiger partial charge on any atom is -0.312 e. The topological polar surface area (TPSA) is 15.3 Å². The van der Waals surface area contributed by atoms with Gasteiger partial charge < -0.3 is 5.32 Å². The molecule has 3 atom stereocenters. The summed E-state index contributed by atoms with van der Waals surface area (Å²) in [6.07, 6.45) is 3.74. The second-order valence-electron chi connectivity index (χ2n) is 7.12. The summed E-state index contributed by atoms with van der Waals surface area (Å²) in [5, 5.41) is 3.76. The van der Waals surface area contributed by atoms with Crippen molar-refractivity contribution in [1.29, 1.82) is 0 Å². The predicted molar refractivity (Wildman–Crippen MR) is 95.4 cm³/mol. The zero-order valence-corrected chi connectivity index (χ0v) is 14.0. The number of benzene rings is 2. The van der Waals surface area contributed by atoms with Crippen molar-refractivity contribution in [2.24, 2.45) is 0 Å².